The Bertz CT molecular complexity index is 2060. The number of carbonyl (C=O) groups excluding carboxylic acids is 3. The van der Waals surface area contributed by atoms with Crippen LogP contribution in [0.3, 0.4) is 0 Å². The number of H-pyrrole nitrogens is 1. The Morgan fingerprint density at radius 1 is 1.06 bits per heavy atom. The van der Waals surface area contributed by atoms with Gasteiger partial charge < -0.3 is 35.9 Å². The highest BCUT2D eigenvalue weighted by molar-refractivity contribution is 7.80. The van der Waals surface area contributed by atoms with Gasteiger partial charge in [0.05, 0.1) is 21.6 Å². The maximum atomic E-state index is 14.5. The average Bonchev–Trinajstić information content (AvgIpc) is 3.49. The Morgan fingerprint density at radius 3 is 2.41 bits per heavy atom. The second-order valence-electron chi connectivity index (χ2n) is 13.4. The van der Waals surface area contributed by atoms with Gasteiger partial charge in [-0.15, -0.1) is 0 Å². The molecule has 1 unspecified atom stereocenters. The van der Waals surface area contributed by atoms with Crippen molar-refractivity contribution in [3.05, 3.63) is 99.2 Å². The fourth-order valence-corrected chi connectivity index (χ4v) is 7.73. The molecule has 1 aromatic heterocycles. The number of nitrogens with two attached hydrogens (primary N) is 1. The van der Waals surface area contributed by atoms with Gasteiger partial charge in [-0.25, -0.2) is 9.36 Å². The summed E-state index contributed by atoms with van der Waals surface area (Å²) in [4.78, 5) is 63.9. The highest BCUT2D eigenvalue weighted by atomic mass is 35.5. The molecular formula is C37H42Cl2N5O8PS. The first-order chi connectivity index (χ1) is 25.6. The average molecular weight is 819 g/mol. The Balaban J connectivity index is 1.45. The molecule has 1 aliphatic rings. The molecule has 1 heterocycles. The van der Waals surface area contributed by atoms with Gasteiger partial charge in [0.2, 0.25) is 11.8 Å². The molecule has 13 nitrogen and oxygen atoms in total. The van der Waals surface area contributed by atoms with E-state index in [1.165, 1.54) is 12.1 Å². The minimum atomic E-state index is -4.76. The van der Waals surface area contributed by atoms with E-state index in [1.807, 2.05) is 32.0 Å². The summed E-state index contributed by atoms with van der Waals surface area (Å²) in [6.45, 7) is 3.83. The number of phosphoric ester groups is 1. The molecule has 1 aliphatic carbocycles. The molecule has 0 spiro atoms. The number of nitrogens with one attached hydrogen (secondary N) is 4. The largest absolute Gasteiger partial charge is 0.524 e. The van der Waals surface area contributed by atoms with Gasteiger partial charge in [-0.3, -0.25) is 19.4 Å². The summed E-state index contributed by atoms with van der Waals surface area (Å²) in [7, 11) is -4.76. The first-order valence-electron chi connectivity index (χ1n) is 17.3. The number of thiocarbonyl (C=S) groups is 1. The monoisotopic (exact) mass is 817 g/mol. The smallest absolute Gasteiger partial charge is 0.445 e. The molecule has 3 aromatic carbocycles. The lowest BCUT2D eigenvalue weighted by Gasteiger charge is -2.39. The molecule has 0 bridgehead atoms. The van der Waals surface area contributed by atoms with Crippen molar-refractivity contribution in [2.24, 2.45) is 11.7 Å². The second-order valence-corrected chi connectivity index (χ2v) is 15.9. The Morgan fingerprint density at radius 2 is 1.76 bits per heavy atom. The maximum absolute atomic E-state index is 14.5. The molecule has 288 valence electrons. The van der Waals surface area contributed by atoms with Crippen LogP contribution in [0, 0.1) is 5.92 Å². The molecule has 3 amide bonds. The van der Waals surface area contributed by atoms with E-state index in [-0.39, 0.29) is 48.9 Å². The molecule has 54 heavy (non-hydrogen) atoms. The number of amides is 3. The normalized spacial score (nSPS) is 17.1. The van der Waals surface area contributed by atoms with Gasteiger partial charge >= 0.3 is 13.9 Å². The van der Waals surface area contributed by atoms with Crippen molar-refractivity contribution in [2.75, 3.05) is 0 Å². The van der Waals surface area contributed by atoms with Crippen LogP contribution in [0.25, 0.3) is 10.9 Å². The number of ether oxygens (including phenoxy) is 1. The molecule has 4 atom stereocenters. The van der Waals surface area contributed by atoms with Crippen LogP contribution in [0.1, 0.15) is 55.5 Å². The van der Waals surface area contributed by atoms with Gasteiger partial charge in [0.25, 0.3) is 0 Å². The van der Waals surface area contributed by atoms with Crippen LogP contribution in [0.5, 0.6) is 5.75 Å². The molecule has 8 N–H and O–H groups in total. The predicted octanol–water partition coefficient (Wildman–Crippen LogP) is 6.03. The van der Waals surface area contributed by atoms with Gasteiger partial charge in [0, 0.05) is 22.5 Å². The fraction of sp³-hybridized carbons (Fsp3) is 0.351. The van der Waals surface area contributed by atoms with E-state index in [1.54, 1.807) is 36.4 Å². The zero-order valence-corrected chi connectivity index (χ0v) is 32.8. The van der Waals surface area contributed by atoms with Crippen molar-refractivity contribution in [3.63, 3.8) is 0 Å². The summed E-state index contributed by atoms with van der Waals surface area (Å²) in [6, 6.07) is 16.5. The second kappa shape index (κ2) is 17.5. The van der Waals surface area contributed by atoms with E-state index in [4.69, 9.17) is 55.7 Å². The van der Waals surface area contributed by atoms with E-state index in [9.17, 15) is 18.9 Å². The third-order valence-corrected chi connectivity index (χ3v) is 10.8. The molecular weight excluding hydrogens is 776 g/mol. The fourth-order valence-electron chi connectivity index (χ4n) is 6.50. The lowest BCUT2D eigenvalue weighted by atomic mass is 9.78. The number of hydrogen-bond acceptors (Lipinski definition) is 7. The molecule has 0 saturated carbocycles. The number of rotatable bonds is 15. The number of hydrogen-bond donors (Lipinski definition) is 7. The van der Waals surface area contributed by atoms with Crippen molar-refractivity contribution >= 4 is 77.0 Å². The molecule has 0 saturated heterocycles. The third-order valence-electron chi connectivity index (χ3n) is 9.59. The van der Waals surface area contributed by atoms with Crippen LogP contribution in [0.4, 0.5) is 4.79 Å². The number of alkyl carbamates (subject to hydrolysis) is 1. The molecule has 4 aromatic rings. The van der Waals surface area contributed by atoms with Crippen LogP contribution in [0.15, 0.2) is 66.7 Å². The Hall–Kier alpha value is -4.17. The molecule has 5 rings (SSSR count). The minimum absolute atomic E-state index is 0.0406. The van der Waals surface area contributed by atoms with Gasteiger partial charge in [-0.2, -0.15) is 0 Å². The van der Waals surface area contributed by atoms with Gasteiger partial charge in [0.1, 0.15) is 23.9 Å². The topological polar surface area (TPSA) is 205 Å². The SMILES string of the molecule is CC[C@H](C)[C@H](NC(=O)[C@@]1(NC(=O)C(CCc2ccc(OP(=O)(O)O)cc2)NC(=O)OCc2ccccc2)CCc2[nH]c3c(Cl)cc(Cl)cc3c2C1)C(N)=S. The highest BCUT2D eigenvalue weighted by Gasteiger charge is 2.46. The molecule has 0 aliphatic heterocycles. The summed E-state index contributed by atoms with van der Waals surface area (Å²) in [5, 5.41) is 10.2. The number of aromatic nitrogens is 1. The number of carbonyl (C=O) groups is 3. The van der Waals surface area contributed by atoms with E-state index in [2.05, 4.69) is 25.5 Å². The first-order valence-corrected chi connectivity index (χ1v) is 20.0. The van der Waals surface area contributed by atoms with Crippen LogP contribution < -0.4 is 26.2 Å². The quantitative estimate of drug-likeness (QED) is 0.0548. The maximum Gasteiger partial charge on any atom is 0.524 e. The van der Waals surface area contributed by atoms with Gasteiger partial charge in [-0.05, 0) is 72.6 Å². The Labute approximate surface area is 327 Å². The highest BCUT2D eigenvalue weighted by Crippen LogP contribution is 2.39. The van der Waals surface area contributed by atoms with Crippen molar-refractivity contribution in [2.45, 2.75) is 76.6 Å². The lowest BCUT2D eigenvalue weighted by molar-refractivity contribution is -0.135. The van der Waals surface area contributed by atoms with Crippen LogP contribution in [-0.4, -0.2) is 55.3 Å². The number of aromatic amines is 1. The van der Waals surface area contributed by atoms with Crippen LogP contribution >= 0.6 is 43.2 Å². The van der Waals surface area contributed by atoms with Crippen molar-refractivity contribution < 1.29 is 38.0 Å². The predicted molar refractivity (Wildman–Crippen MR) is 210 cm³/mol. The van der Waals surface area contributed by atoms with Gasteiger partial charge in [0.15, 0.2) is 0 Å². The van der Waals surface area contributed by atoms with Crippen molar-refractivity contribution in [1.29, 1.82) is 0 Å². The molecule has 17 heteroatoms. The standard InChI is InChI=1S/C37H42Cl2N5O8PS/c1-3-21(2)31(33(40)54)43-35(46)37(16-15-29-27(19-37)26-17-24(38)18-28(39)32(26)41-29)44-34(45)30(42-36(47)51-20-23-7-5-4-6-8-23)14-11-22-9-12-25(13-10-22)52-53(48,49)50/h4-10,12-13,17-18,21,30-31,41H,3,11,14-16,19-20H2,1-2H3,(H2,40,54)(H,42,47)(H,43,46)(H,44,45)(H2,48,49,50)/t21-,30?,31-,37+/m0/s1. The number of aryl methyl sites for hydroxylation is 2. The van der Waals surface area contributed by atoms with Crippen molar-refractivity contribution in [1.82, 2.24) is 20.9 Å². The van der Waals surface area contributed by atoms with E-state index in [0.717, 1.165) is 16.8 Å². The summed E-state index contributed by atoms with van der Waals surface area (Å²) < 4.78 is 21.4. The number of halogens is 2. The Kier molecular flexibility index (Phi) is 13.3. The van der Waals surface area contributed by atoms with Crippen LogP contribution in [-0.2, 0) is 44.8 Å². The number of phosphoric acid groups is 1. The van der Waals surface area contributed by atoms with E-state index in [0.29, 0.717) is 39.4 Å². The zero-order valence-electron chi connectivity index (χ0n) is 29.6. The molecule has 0 fully saturated rings. The summed E-state index contributed by atoms with van der Waals surface area (Å²) >= 11 is 18.3. The zero-order chi connectivity index (χ0) is 39.2. The molecule has 0 radical (unpaired) electrons. The van der Waals surface area contributed by atoms with Gasteiger partial charge in [-0.1, -0.05) is 98.2 Å². The lowest BCUT2D eigenvalue weighted by Crippen LogP contribution is -2.66. The number of fused-ring (bicyclic) bond motifs is 3. The summed E-state index contributed by atoms with van der Waals surface area (Å²) in [5.41, 5.74) is 8.28. The minimum Gasteiger partial charge on any atom is -0.445 e. The third kappa shape index (κ3) is 10.3. The van der Waals surface area contributed by atoms with Crippen molar-refractivity contribution in [3.8, 4) is 5.75 Å². The number of benzene rings is 3. The van der Waals surface area contributed by atoms with E-state index >= 15 is 0 Å². The first kappa shape index (κ1) is 41.0. The van der Waals surface area contributed by atoms with Crippen LogP contribution in [0.2, 0.25) is 10.0 Å². The summed E-state index contributed by atoms with van der Waals surface area (Å²) in [6.07, 6.45) is 0.754. The van der Waals surface area contributed by atoms with E-state index < -0.39 is 43.4 Å². The summed E-state index contributed by atoms with van der Waals surface area (Å²) in [5.74, 6) is -1.27.